The minimum atomic E-state index is -0.393. The Morgan fingerprint density at radius 2 is 2.17 bits per heavy atom. The Bertz CT molecular complexity index is 715. The van der Waals surface area contributed by atoms with Gasteiger partial charge in [-0.2, -0.15) is 5.10 Å². The third-order valence-corrected chi connectivity index (χ3v) is 3.92. The Morgan fingerprint density at radius 1 is 1.35 bits per heavy atom. The van der Waals surface area contributed by atoms with Crippen LogP contribution in [0.3, 0.4) is 0 Å². The first-order valence-electron chi connectivity index (χ1n) is 7.26. The molecule has 1 fully saturated rings. The number of likely N-dealkylation sites (tertiary alicyclic amines) is 1. The Morgan fingerprint density at radius 3 is 2.78 bits per heavy atom. The van der Waals surface area contributed by atoms with Gasteiger partial charge in [0.15, 0.2) is 5.82 Å². The van der Waals surface area contributed by atoms with Gasteiger partial charge in [0.1, 0.15) is 11.5 Å². The standard InChI is InChI=1S/C14H17N7O2/c1-8-18-12(20-19-8)9-6-21(7-10(9)13(22)15-2)14(23)11-5-16-3-4-17-11/h3-5,9-10H,6-7H2,1-2H3,(H,15,22)(H,18,19,20)/t9-,10-/m1/s1. The number of aromatic amines is 1. The quantitative estimate of drug-likeness (QED) is 0.789. The number of rotatable bonds is 3. The zero-order valence-corrected chi connectivity index (χ0v) is 12.9. The van der Waals surface area contributed by atoms with Crippen molar-refractivity contribution in [2.24, 2.45) is 5.92 Å². The van der Waals surface area contributed by atoms with Gasteiger partial charge in [0, 0.05) is 32.5 Å². The lowest BCUT2D eigenvalue weighted by Crippen LogP contribution is -2.34. The molecule has 1 aliphatic heterocycles. The fourth-order valence-electron chi connectivity index (χ4n) is 2.78. The van der Waals surface area contributed by atoms with Crippen LogP contribution in [0.2, 0.25) is 0 Å². The van der Waals surface area contributed by atoms with Crippen LogP contribution in [-0.2, 0) is 4.79 Å². The van der Waals surface area contributed by atoms with Crippen molar-refractivity contribution in [1.82, 2.24) is 35.4 Å². The second kappa shape index (κ2) is 6.11. The molecule has 0 spiro atoms. The van der Waals surface area contributed by atoms with Gasteiger partial charge in [0.25, 0.3) is 5.91 Å². The van der Waals surface area contributed by atoms with Gasteiger partial charge in [-0.1, -0.05) is 0 Å². The molecule has 0 bridgehead atoms. The summed E-state index contributed by atoms with van der Waals surface area (Å²) in [5, 5.41) is 9.57. The third kappa shape index (κ3) is 2.89. The van der Waals surface area contributed by atoms with Crippen LogP contribution in [-0.4, -0.2) is 62.0 Å². The predicted octanol–water partition coefficient (Wildman–Crippen LogP) is -0.495. The molecule has 0 aromatic carbocycles. The smallest absolute Gasteiger partial charge is 0.274 e. The predicted molar refractivity (Wildman–Crippen MR) is 79.4 cm³/mol. The largest absolute Gasteiger partial charge is 0.359 e. The summed E-state index contributed by atoms with van der Waals surface area (Å²) < 4.78 is 0. The molecule has 9 heteroatoms. The highest BCUT2D eigenvalue weighted by Gasteiger charge is 2.42. The second-order valence-electron chi connectivity index (χ2n) is 5.41. The van der Waals surface area contributed by atoms with E-state index in [0.717, 1.165) is 0 Å². The average Bonchev–Trinajstić information content (AvgIpc) is 3.20. The molecule has 2 aromatic rings. The maximum atomic E-state index is 12.5. The molecule has 2 amide bonds. The van der Waals surface area contributed by atoms with Crippen LogP contribution in [0.5, 0.6) is 0 Å². The molecule has 2 atom stereocenters. The zero-order valence-electron chi connectivity index (χ0n) is 12.9. The summed E-state index contributed by atoms with van der Waals surface area (Å²) in [7, 11) is 1.58. The fourth-order valence-corrected chi connectivity index (χ4v) is 2.78. The summed E-state index contributed by atoms with van der Waals surface area (Å²) in [5.41, 5.74) is 0.259. The molecule has 0 radical (unpaired) electrons. The van der Waals surface area contributed by atoms with E-state index in [1.165, 1.54) is 18.6 Å². The van der Waals surface area contributed by atoms with Gasteiger partial charge in [0.05, 0.1) is 18.0 Å². The van der Waals surface area contributed by atoms with Crippen LogP contribution < -0.4 is 5.32 Å². The summed E-state index contributed by atoms with van der Waals surface area (Å²) >= 11 is 0. The van der Waals surface area contributed by atoms with Gasteiger partial charge in [-0.3, -0.25) is 19.7 Å². The number of H-pyrrole nitrogens is 1. The van der Waals surface area contributed by atoms with Crippen molar-refractivity contribution in [2.45, 2.75) is 12.8 Å². The number of nitrogens with zero attached hydrogens (tertiary/aromatic N) is 5. The number of hydrogen-bond acceptors (Lipinski definition) is 6. The topological polar surface area (TPSA) is 117 Å². The molecule has 1 aliphatic rings. The molecule has 9 nitrogen and oxygen atoms in total. The highest BCUT2D eigenvalue weighted by Crippen LogP contribution is 2.31. The minimum absolute atomic E-state index is 0.133. The lowest BCUT2D eigenvalue weighted by atomic mass is 9.94. The van der Waals surface area contributed by atoms with Gasteiger partial charge in [-0.15, -0.1) is 0 Å². The molecule has 0 unspecified atom stereocenters. The molecule has 0 aliphatic carbocycles. The number of aromatic nitrogens is 5. The van der Waals surface area contributed by atoms with Crippen LogP contribution in [0.1, 0.15) is 28.1 Å². The number of nitrogens with one attached hydrogen (secondary N) is 2. The van der Waals surface area contributed by atoms with Crippen molar-refractivity contribution < 1.29 is 9.59 Å². The van der Waals surface area contributed by atoms with Crippen molar-refractivity contribution in [1.29, 1.82) is 0 Å². The van der Waals surface area contributed by atoms with Crippen LogP contribution in [0, 0.1) is 12.8 Å². The molecule has 2 aromatic heterocycles. The van der Waals surface area contributed by atoms with Gasteiger partial charge in [-0.25, -0.2) is 9.97 Å². The van der Waals surface area contributed by atoms with E-state index < -0.39 is 5.92 Å². The zero-order chi connectivity index (χ0) is 16.4. The number of amides is 2. The Kier molecular flexibility index (Phi) is 4.00. The van der Waals surface area contributed by atoms with Gasteiger partial charge < -0.3 is 10.2 Å². The van der Waals surface area contributed by atoms with Crippen LogP contribution >= 0.6 is 0 Å². The van der Waals surface area contributed by atoms with Crippen LogP contribution in [0.15, 0.2) is 18.6 Å². The van der Waals surface area contributed by atoms with Crippen molar-refractivity contribution in [3.05, 3.63) is 35.9 Å². The van der Waals surface area contributed by atoms with Crippen LogP contribution in [0.25, 0.3) is 0 Å². The monoisotopic (exact) mass is 315 g/mol. The third-order valence-electron chi connectivity index (χ3n) is 3.92. The van der Waals surface area contributed by atoms with E-state index in [1.54, 1.807) is 18.9 Å². The number of carbonyl (C=O) groups is 2. The summed E-state index contributed by atoms with van der Waals surface area (Å²) in [4.78, 5) is 38.5. The molecule has 1 saturated heterocycles. The van der Waals surface area contributed by atoms with Crippen molar-refractivity contribution in [2.75, 3.05) is 20.1 Å². The second-order valence-corrected chi connectivity index (χ2v) is 5.41. The SMILES string of the molecule is CNC(=O)[C@@H]1CN(C(=O)c2cnccn2)C[C@H]1c1n[nH]c(C)n1. The Hall–Kier alpha value is -2.84. The van der Waals surface area contributed by atoms with Gasteiger partial charge >= 0.3 is 0 Å². The lowest BCUT2D eigenvalue weighted by molar-refractivity contribution is -0.124. The summed E-state index contributed by atoms with van der Waals surface area (Å²) in [6.07, 6.45) is 4.39. The molecule has 120 valence electrons. The van der Waals surface area contributed by atoms with E-state index in [-0.39, 0.29) is 23.4 Å². The van der Waals surface area contributed by atoms with Gasteiger partial charge in [0.2, 0.25) is 5.91 Å². The van der Waals surface area contributed by atoms with Crippen LogP contribution in [0.4, 0.5) is 0 Å². The minimum Gasteiger partial charge on any atom is -0.359 e. The van der Waals surface area contributed by atoms with Crippen molar-refractivity contribution >= 4 is 11.8 Å². The Balaban J connectivity index is 1.85. The van der Waals surface area contributed by atoms with Gasteiger partial charge in [-0.05, 0) is 6.92 Å². The summed E-state index contributed by atoms with van der Waals surface area (Å²) in [5.74, 6) is 0.199. The highest BCUT2D eigenvalue weighted by atomic mass is 16.2. The molecule has 3 rings (SSSR count). The molecule has 2 N–H and O–H groups in total. The molecule has 3 heterocycles. The lowest BCUT2D eigenvalue weighted by Gasteiger charge is -2.14. The normalized spacial score (nSPS) is 20.5. The summed E-state index contributed by atoms with van der Waals surface area (Å²) in [6, 6.07) is 0. The van der Waals surface area contributed by atoms with E-state index in [9.17, 15) is 9.59 Å². The summed E-state index contributed by atoms with van der Waals surface area (Å²) in [6.45, 7) is 2.46. The highest BCUT2D eigenvalue weighted by molar-refractivity contribution is 5.93. The van der Waals surface area contributed by atoms with E-state index in [1.807, 2.05) is 0 Å². The van der Waals surface area contributed by atoms with Crippen molar-refractivity contribution in [3.8, 4) is 0 Å². The molecular formula is C14H17N7O2. The van der Waals surface area contributed by atoms with E-state index in [4.69, 9.17) is 0 Å². The molecule has 0 saturated carbocycles. The van der Waals surface area contributed by atoms with Crippen molar-refractivity contribution in [3.63, 3.8) is 0 Å². The molecule has 23 heavy (non-hydrogen) atoms. The number of hydrogen-bond donors (Lipinski definition) is 2. The first kappa shape index (κ1) is 15.1. The Labute approximate surface area is 132 Å². The maximum Gasteiger partial charge on any atom is 0.274 e. The van der Waals surface area contributed by atoms with E-state index in [0.29, 0.717) is 24.7 Å². The van der Waals surface area contributed by atoms with E-state index in [2.05, 4.69) is 30.5 Å². The number of aryl methyl sites for hydroxylation is 1. The first-order chi connectivity index (χ1) is 11.1. The first-order valence-corrected chi connectivity index (χ1v) is 7.26. The fraction of sp³-hybridized carbons (Fsp3) is 0.429. The molecular weight excluding hydrogens is 298 g/mol. The maximum absolute atomic E-state index is 12.5. The number of carbonyl (C=O) groups excluding carboxylic acids is 2. The average molecular weight is 315 g/mol. The van der Waals surface area contributed by atoms with E-state index >= 15 is 0 Å².